The van der Waals surface area contributed by atoms with E-state index in [-0.39, 0.29) is 0 Å². The van der Waals surface area contributed by atoms with Crippen LogP contribution >= 0.6 is 0 Å². The van der Waals surface area contributed by atoms with Crippen molar-refractivity contribution in [2.45, 2.75) is 25.7 Å². The van der Waals surface area contributed by atoms with Gasteiger partial charge in [0.15, 0.2) is 0 Å². The van der Waals surface area contributed by atoms with Gasteiger partial charge in [-0.2, -0.15) is 0 Å². The fraction of sp³-hybridized carbons (Fsp3) is 0.667. The summed E-state index contributed by atoms with van der Waals surface area (Å²) in [5, 5.41) is 0. The quantitative estimate of drug-likeness (QED) is 0.630. The predicted molar refractivity (Wildman–Crippen MR) is 45.3 cm³/mol. The monoisotopic (exact) mass is 167 g/mol. The molecule has 0 fully saturated rings. The lowest BCUT2D eigenvalue weighted by Crippen LogP contribution is -2.18. The van der Waals surface area contributed by atoms with Crippen molar-refractivity contribution in [1.29, 1.82) is 0 Å². The Hall–Kier alpha value is -1.17. The lowest BCUT2D eigenvalue weighted by Gasteiger charge is -2.11. The summed E-state index contributed by atoms with van der Waals surface area (Å²) in [6, 6.07) is 0. The van der Waals surface area contributed by atoms with Crippen LogP contribution in [0.25, 0.3) is 0 Å². The van der Waals surface area contributed by atoms with Crippen LogP contribution in [-0.2, 0) is 4.74 Å². The minimum atomic E-state index is -0.680. The molecule has 0 radical (unpaired) electrons. The standard InChI is InChI=1S/C9H13NO2/c10-9(11)12-7-8-5-3-1-2-4-6-8/h8H,3-7H2,(H2,10,11). The van der Waals surface area contributed by atoms with Crippen molar-refractivity contribution < 1.29 is 9.53 Å². The topological polar surface area (TPSA) is 52.3 Å². The van der Waals surface area contributed by atoms with Crippen molar-refractivity contribution in [3.05, 3.63) is 0 Å². The van der Waals surface area contributed by atoms with Gasteiger partial charge in [0, 0.05) is 12.8 Å². The summed E-state index contributed by atoms with van der Waals surface area (Å²) in [6.45, 7) is 0.443. The molecule has 0 saturated heterocycles. The van der Waals surface area contributed by atoms with Crippen LogP contribution in [0.3, 0.4) is 0 Å². The van der Waals surface area contributed by atoms with Crippen molar-refractivity contribution in [2.75, 3.05) is 6.61 Å². The summed E-state index contributed by atoms with van der Waals surface area (Å²) in [5.74, 6) is 6.52. The van der Waals surface area contributed by atoms with Gasteiger partial charge in [0.1, 0.15) is 0 Å². The van der Waals surface area contributed by atoms with E-state index in [1.165, 1.54) is 0 Å². The zero-order valence-electron chi connectivity index (χ0n) is 7.01. The van der Waals surface area contributed by atoms with E-state index in [2.05, 4.69) is 11.8 Å². The Kier molecular flexibility index (Phi) is 3.46. The third kappa shape index (κ3) is 3.29. The third-order valence-electron chi connectivity index (χ3n) is 1.94. The summed E-state index contributed by atoms with van der Waals surface area (Å²) in [6.07, 6.45) is 3.17. The van der Waals surface area contributed by atoms with Crippen LogP contribution in [0, 0.1) is 17.8 Å². The van der Waals surface area contributed by atoms with E-state index in [1.54, 1.807) is 0 Å². The summed E-state index contributed by atoms with van der Waals surface area (Å²) in [7, 11) is 0. The van der Waals surface area contributed by atoms with Crippen molar-refractivity contribution in [1.82, 2.24) is 0 Å². The first-order chi connectivity index (χ1) is 5.79. The first-order valence-electron chi connectivity index (χ1n) is 4.17. The molecule has 66 valence electrons. The number of hydrogen-bond donors (Lipinski definition) is 1. The number of primary amides is 1. The maximum absolute atomic E-state index is 10.3. The largest absolute Gasteiger partial charge is 0.449 e. The van der Waals surface area contributed by atoms with Gasteiger partial charge in [-0.3, -0.25) is 0 Å². The second-order valence-corrected chi connectivity index (χ2v) is 2.93. The lowest BCUT2D eigenvalue weighted by atomic mass is 10.0. The van der Waals surface area contributed by atoms with Crippen molar-refractivity contribution in [3.63, 3.8) is 0 Å². The fourth-order valence-corrected chi connectivity index (χ4v) is 1.24. The molecule has 0 atom stereocenters. The molecule has 0 unspecified atom stereocenters. The van der Waals surface area contributed by atoms with E-state index in [9.17, 15) is 4.79 Å². The highest BCUT2D eigenvalue weighted by Gasteiger charge is 2.10. The average Bonchev–Trinajstić information content (AvgIpc) is 2.28. The number of hydrogen-bond acceptors (Lipinski definition) is 2. The van der Waals surface area contributed by atoms with Gasteiger partial charge in [-0.15, -0.1) is 11.8 Å². The van der Waals surface area contributed by atoms with Crippen molar-refractivity contribution in [3.8, 4) is 11.8 Å². The van der Waals surface area contributed by atoms with Gasteiger partial charge in [0.2, 0.25) is 0 Å². The lowest BCUT2D eigenvalue weighted by molar-refractivity contribution is 0.132. The predicted octanol–water partition coefficient (Wildman–Crippen LogP) is 1.28. The SMILES string of the molecule is NC(=O)OCC1CCC#CCC1. The van der Waals surface area contributed by atoms with E-state index >= 15 is 0 Å². The second-order valence-electron chi connectivity index (χ2n) is 2.93. The molecule has 1 aliphatic carbocycles. The Morgan fingerprint density at radius 2 is 2.00 bits per heavy atom. The molecule has 0 bridgehead atoms. The summed E-state index contributed by atoms with van der Waals surface area (Å²) in [5.41, 5.74) is 4.86. The molecule has 0 heterocycles. The number of ether oxygens (including phenoxy) is 1. The van der Waals surface area contributed by atoms with Gasteiger partial charge in [0.05, 0.1) is 6.61 Å². The van der Waals surface area contributed by atoms with E-state index < -0.39 is 6.09 Å². The molecule has 1 amide bonds. The molecule has 2 N–H and O–H groups in total. The molecule has 0 spiro atoms. The zero-order valence-corrected chi connectivity index (χ0v) is 7.01. The summed E-state index contributed by atoms with van der Waals surface area (Å²) < 4.78 is 4.72. The van der Waals surface area contributed by atoms with Gasteiger partial charge in [-0.1, -0.05) is 0 Å². The van der Waals surface area contributed by atoms with E-state index in [4.69, 9.17) is 10.5 Å². The van der Waals surface area contributed by atoms with Crippen molar-refractivity contribution >= 4 is 6.09 Å². The van der Waals surface area contributed by atoms with Crippen LogP contribution in [0.1, 0.15) is 25.7 Å². The average molecular weight is 167 g/mol. The number of carbonyl (C=O) groups excluding carboxylic acids is 1. The molecule has 3 heteroatoms. The van der Waals surface area contributed by atoms with Crippen molar-refractivity contribution in [2.24, 2.45) is 11.7 Å². The normalized spacial score (nSPS) is 17.3. The Bertz CT molecular complexity index is 202. The molecule has 0 aliphatic heterocycles. The summed E-state index contributed by atoms with van der Waals surface area (Å²) in [4.78, 5) is 10.3. The molecule has 0 aromatic heterocycles. The molecule has 0 aromatic carbocycles. The Labute approximate surface area is 72.3 Å². The van der Waals surface area contributed by atoms with Gasteiger partial charge in [-0.25, -0.2) is 4.79 Å². The minimum Gasteiger partial charge on any atom is -0.449 e. The Morgan fingerprint density at radius 1 is 1.42 bits per heavy atom. The number of nitrogens with two attached hydrogens (primary N) is 1. The van der Waals surface area contributed by atoms with Crippen LogP contribution in [0.15, 0.2) is 0 Å². The smallest absolute Gasteiger partial charge is 0.404 e. The number of amides is 1. The first-order valence-corrected chi connectivity index (χ1v) is 4.17. The highest BCUT2D eigenvalue weighted by atomic mass is 16.5. The number of rotatable bonds is 2. The molecular weight excluding hydrogens is 154 g/mol. The highest BCUT2D eigenvalue weighted by Crippen LogP contribution is 2.15. The van der Waals surface area contributed by atoms with Crippen LogP contribution in [0.5, 0.6) is 0 Å². The Morgan fingerprint density at radius 3 is 2.50 bits per heavy atom. The summed E-state index contributed by atoms with van der Waals surface area (Å²) >= 11 is 0. The zero-order chi connectivity index (χ0) is 8.81. The minimum absolute atomic E-state index is 0.431. The van der Waals surface area contributed by atoms with E-state index in [0.717, 1.165) is 25.7 Å². The molecule has 12 heavy (non-hydrogen) atoms. The van der Waals surface area contributed by atoms with Crippen LogP contribution < -0.4 is 5.73 Å². The maximum Gasteiger partial charge on any atom is 0.404 e. The van der Waals surface area contributed by atoms with Gasteiger partial charge < -0.3 is 10.5 Å². The van der Waals surface area contributed by atoms with Gasteiger partial charge in [0.25, 0.3) is 0 Å². The molecule has 0 aromatic rings. The number of carbonyl (C=O) groups is 1. The Balaban J connectivity index is 2.20. The molecule has 1 aliphatic rings. The fourth-order valence-electron chi connectivity index (χ4n) is 1.24. The van der Waals surface area contributed by atoms with E-state index in [0.29, 0.717) is 12.5 Å². The van der Waals surface area contributed by atoms with Gasteiger partial charge >= 0.3 is 6.09 Å². The molecule has 3 nitrogen and oxygen atoms in total. The van der Waals surface area contributed by atoms with Crippen LogP contribution in [0.2, 0.25) is 0 Å². The van der Waals surface area contributed by atoms with Crippen LogP contribution in [0.4, 0.5) is 4.79 Å². The van der Waals surface area contributed by atoms with Gasteiger partial charge in [-0.05, 0) is 18.8 Å². The molecular formula is C9H13NO2. The molecule has 0 saturated carbocycles. The van der Waals surface area contributed by atoms with E-state index in [1.807, 2.05) is 0 Å². The molecule has 1 rings (SSSR count). The maximum atomic E-state index is 10.3. The van der Waals surface area contributed by atoms with Crippen LogP contribution in [-0.4, -0.2) is 12.7 Å². The highest BCUT2D eigenvalue weighted by molar-refractivity contribution is 5.64. The first kappa shape index (κ1) is 8.92. The second kappa shape index (κ2) is 4.66. The third-order valence-corrected chi connectivity index (χ3v) is 1.94.